The Bertz CT molecular complexity index is 849. The van der Waals surface area contributed by atoms with Crippen LogP contribution < -0.4 is 15.4 Å². The Hall–Kier alpha value is -3.56. The molecule has 0 aliphatic carbocycles. The van der Waals surface area contributed by atoms with Crippen molar-refractivity contribution in [3.63, 3.8) is 0 Å². The van der Waals surface area contributed by atoms with Crippen LogP contribution in [0.1, 0.15) is 17.3 Å². The first kappa shape index (κ1) is 20.7. The van der Waals surface area contributed by atoms with Gasteiger partial charge < -0.3 is 20.1 Å². The highest BCUT2D eigenvalue weighted by atomic mass is 19.4. The molecule has 10 heteroatoms. The van der Waals surface area contributed by atoms with Crippen LogP contribution in [0.2, 0.25) is 0 Å². The van der Waals surface area contributed by atoms with Gasteiger partial charge in [-0.25, -0.2) is 4.79 Å². The van der Waals surface area contributed by atoms with Crippen LogP contribution in [0.25, 0.3) is 0 Å². The summed E-state index contributed by atoms with van der Waals surface area (Å²) in [6.07, 6.45) is -5.85. The van der Waals surface area contributed by atoms with Crippen LogP contribution in [0.5, 0.6) is 5.75 Å². The van der Waals surface area contributed by atoms with Crippen LogP contribution in [-0.2, 0) is 9.53 Å². The highest BCUT2D eigenvalue weighted by Gasteiger charge is 2.38. The third kappa shape index (κ3) is 6.01. The maximum absolute atomic E-state index is 12.2. The zero-order chi connectivity index (χ0) is 20.7. The standard InChI is InChI=1S/C18H15F3N2O5/c1-2-27-17(26)28-14-9-3-11(4-10-14)15(24)22-12-5-7-13(8-6-12)23-16(25)18(19,20)21/h3-10H,2H2,1H3,(H,22,24)(H,23,25). The molecule has 0 fully saturated rings. The number of hydrogen-bond donors (Lipinski definition) is 2. The molecule has 0 atom stereocenters. The van der Waals surface area contributed by atoms with E-state index in [9.17, 15) is 27.6 Å². The minimum Gasteiger partial charge on any atom is -0.434 e. The molecular weight excluding hydrogens is 381 g/mol. The van der Waals surface area contributed by atoms with Crippen molar-refractivity contribution in [2.75, 3.05) is 17.2 Å². The lowest BCUT2D eigenvalue weighted by atomic mass is 10.2. The summed E-state index contributed by atoms with van der Waals surface area (Å²) in [6.45, 7) is 1.80. The molecule has 0 aliphatic rings. The van der Waals surface area contributed by atoms with Gasteiger partial charge in [0.1, 0.15) is 5.75 Å². The molecule has 148 valence electrons. The van der Waals surface area contributed by atoms with Crippen LogP contribution in [0.15, 0.2) is 48.5 Å². The Morgan fingerprint density at radius 1 is 0.893 bits per heavy atom. The quantitative estimate of drug-likeness (QED) is 0.589. The number of amides is 2. The van der Waals surface area contributed by atoms with E-state index >= 15 is 0 Å². The molecule has 0 bridgehead atoms. The average molecular weight is 396 g/mol. The molecule has 0 saturated heterocycles. The van der Waals surface area contributed by atoms with Crippen molar-refractivity contribution in [3.05, 3.63) is 54.1 Å². The highest BCUT2D eigenvalue weighted by molar-refractivity contribution is 6.04. The SMILES string of the molecule is CCOC(=O)Oc1ccc(C(=O)Nc2ccc(NC(=O)C(F)(F)F)cc2)cc1. The molecule has 2 aromatic rings. The first-order valence-corrected chi connectivity index (χ1v) is 7.93. The second-order valence-corrected chi connectivity index (χ2v) is 5.29. The summed E-state index contributed by atoms with van der Waals surface area (Å²) in [5.41, 5.74) is 0.494. The second-order valence-electron chi connectivity index (χ2n) is 5.29. The van der Waals surface area contributed by atoms with Gasteiger partial charge in [0.05, 0.1) is 6.61 Å². The zero-order valence-corrected chi connectivity index (χ0v) is 14.5. The molecule has 2 N–H and O–H groups in total. The Labute approximate surface area is 157 Å². The average Bonchev–Trinajstić information content (AvgIpc) is 2.63. The van der Waals surface area contributed by atoms with Gasteiger partial charge in [-0.05, 0) is 55.5 Å². The third-order valence-electron chi connectivity index (χ3n) is 3.24. The molecule has 7 nitrogen and oxygen atoms in total. The maximum atomic E-state index is 12.2. The van der Waals surface area contributed by atoms with Crippen LogP contribution in [0.3, 0.4) is 0 Å². The van der Waals surface area contributed by atoms with Crippen molar-refractivity contribution in [2.24, 2.45) is 0 Å². The van der Waals surface area contributed by atoms with Crippen LogP contribution in [-0.4, -0.2) is 30.8 Å². The molecule has 0 spiro atoms. The smallest absolute Gasteiger partial charge is 0.434 e. The van der Waals surface area contributed by atoms with E-state index in [0.29, 0.717) is 5.69 Å². The third-order valence-corrected chi connectivity index (χ3v) is 3.24. The highest BCUT2D eigenvalue weighted by Crippen LogP contribution is 2.20. The summed E-state index contributed by atoms with van der Waals surface area (Å²) in [5, 5.41) is 4.24. The number of nitrogens with one attached hydrogen (secondary N) is 2. The van der Waals surface area contributed by atoms with Gasteiger partial charge in [-0.2, -0.15) is 13.2 Å². The van der Waals surface area contributed by atoms with Gasteiger partial charge in [0.2, 0.25) is 0 Å². The number of alkyl halides is 3. The number of ether oxygens (including phenoxy) is 2. The Morgan fingerprint density at radius 2 is 1.43 bits per heavy atom. The molecule has 2 amide bonds. The molecule has 0 aliphatic heterocycles. The Balaban J connectivity index is 1.95. The lowest BCUT2D eigenvalue weighted by molar-refractivity contribution is -0.167. The van der Waals surface area contributed by atoms with Crippen molar-refractivity contribution in [2.45, 2.75) is 13.1 Å². The Kier molecular flexibility index (Phi) is 6.59. The predicted molar refractivity (Wildman–Crippen MR) is 93.2 cm³/mol. The minimum atomic E-state index is -4.99. The molecule has 0 unspecified atom stereocenters. The predicted octanol–water partition coefficient (Wildman–Crippen LogP) is 3.98. The van der Waals surface area contributed by atoms with Gasteiger partial charge in [-0.3, -0.25) is 9.59 Å². The normalized spacial score (nSPS) is 10.7. The van der Waals surface area contributed by atoms with Crippen LogP contribution >= 0.6 is 0 Å². The van der Waals surface area contributed by atoms with Crippen LogP contribution in [0.4, 0.5) is 29.3 Å². The summed E-state index contributed by atoms with van der Waals surface area (Å²) >= 11 is 0. The lowest BCUT2D eigenvalue weighted by Gasteiger charge is -2.09. The monoisotopic (exact) mass is 396 g/mol. The molecule has 0 aromatic heterocycles. The van der Waals surface area contributed by atoms with Crippen molar-refractivity contribution in [3.8, 4) is 5.75 Å². The molecule has 0 heterocycles. The molecule has 28 heavy (non-hydrogen) atoms. The number of anilines is 2. The van der Waals surface area contributed by atoms with Gasteiger partial charge >= 0.3 is 18.2 Å². The first-order valence-electron chi connectivity index (χ1n) is 7.93. The van der Waals surface area contributed by atoms with Gasteiger partial charge in [0, 0.05) is 16.9 Å². The van der Waals surface area contributed by atoms with Crippen molar-refractivity contribution < 1.29 is 37.0 Å². The largest absolute Gasteiger partial charge is 0.513 e. The first-order chi connectivity index (χ1) is 13.2. The van der Waals surface area contributed by atoms with Crippen molar-refractivity contribution in [1.29, 1.82) is 0 Å². The van der Waals surface area contributed by atoms with E-state index in [1.165, 1.54) is 48.5 Å². The topological polar surface area (TPSA) is 93.7 Å². The molecule has 2 aromatic carbocycles. The summed E-state index contributed by atoms with van der Waals surface area (Å²) < 4.78 is 46.1. The number of rotatable bonds is 5. The fourth-order valence-electron chi connectivity index (χ4n) is 1.96. The number of benzene rings is 2. The van der Waals surface area contributed by atoms with Crippen molar-refractivity contribution in [1.82, 2.24) is 0 Å². The van der Waals surface area contributed by atoms with Gasteiger partial charge in [0.25, 0.3) is 5.91 Å². The Morgan fingerprint density at radius 3 is 1.93 bits per heavy atom. The zero-order valence-electron chi connectivity index (χ0n) is 14.5. The van der Waals surface area contributed by atoms with Crippen LogP contribution in [0, 0.1) is 0 Å². The van der Waals surface area contributed by atoms with E-state index in [-0.39, 0.29) is 23.6 Å². The van der Waals surface area contributed by atoms with Gasteiger partial charge in [0.15, 0.2) is 0 Å². The number of carbonyl (C=O) groups excluding carboxylic acids is 3. The number of hydrogen-bond acceptors (Lipinski definition) is 5. The molecular formula is C18H15F3N2O5. The van der Waals surface area contributed by atoms with Gasteiger partial charge in [-0.1, -0.05) is 0 Å². The van der Waals surface area contributed by atoms with E-state index in [1.54, 1.807) is 12.2 Å². The van der Waals surface area contributed by atoms with E-state index in [0.717, 1.165) is 0 Å². The molecule has 0 saturated carbocycles. The molecule has 2 rings (SSSR count). The lowest BCUT2D eigenvalue weighted by Crippen LogP contribution is -2.29. The summed E-state index contributed by atoms with van der Waals surface area (Å²) in [5.74, 6) is -2.39. The molecule has 0 radical (unpaired) electrons. The van der Waals surface area contributed by atoms with Crippen molar-refractivity contribution >= 4 is 29.3 Å². The maximum Gasteiger partial charge on any atom is 0.513 e. The second kappa shape index (κ2) is 8.89. The van der Waals surface area contributed by atoms with E-state index in [1.807, 2.05) is 0 Å². The van der Waals surface area contributed by atoms with Gasteiger partial charge in [-0.15, -0.1) is 0 Å². The fourth-order valence-corrected chi connectivity index (χ4v) is 1.96. The van der Waals surface area contributed by atoms with E-state index in [2.05, 4.69) is 10.1 Å². The fraction of sp³-hybridized carbons (Fsp3) is 0.167. The number of halogens is 3. The minimum absolute atomic E-state index is 0.0687. The summed E-state index contributed by atoms with van der Waals surface area (Å²) in [4.78, 5) is 34.3. The number of carbonyl (C=O) groups is 3. The van der Waals surface area contributed by atoms with E-state index in [4.69, 9.17) is 4.74 Å². The van der Waals surface area contributed by atoms with E-state index < -0.39 is 24.1 Å². The summed E-state index contributed by atoms with van der Waals surface area (Å²) in [6, 6.07) is 10.8. The summed E-state index contributed by atoms with van der Waals surface area (Å²) in [7, 11) is 0.